The third-order valence-electron chi connectivity index (χ3n) is 7.04. The Bertz CT molecular complexity index is 1460. The summed E-state index contributed by atoms with van der Waals surface area (Å²) in [5.74, 6) is -0.360. The number of rotatable bonds is 5. The number of nitrogens with zero attached hydrogens (tertiary/aromatic N) is 2. The monoisotopic (exact) mass is 495 g/mol. The average Bonchev–Trinajstić information content (AvgIpc) is 3.38. The summed E-state index contributed by atoms with van der Waals surface area (Å²) in [4.78, 5) is 31.3. The van der Waals surface area contributed by atoms with Crippen LogP contribution in [-0.2, 0) is 21.4 Å². The van der Waals surface area contributed by atoms with Crippen LogP contribution in [0.2, 0.25) is 0 Å². The fourth-order valence-electron chi connectivity index (χ4n) is 4.98. The molecule has 9 heteroatoms. The molecule has 0 bridgehead atoms. The molecule has 1 aliphatic carbocycles. The number of likely N-dealkylation sites (N-methyl/N-ethyl adjacent to an activating group) is 1. The van der Waals surface area contributed by atoms with Crippen molar-refractivity contribution < 1.29 is 17.9 Å². The molecule has 1 saturated carbocycles. The molecule has 5 rings (SSSR count). The smallest absolute Gasteiger partial charge is 0.266 e. The Balaban J connectivity index is 1.57. The van der Waals surface area contributed by atoms with Crippen molar-refractivity contribution >= 4 is 32.5 Å². The molecule has 3 aromatic rings. The van der Waals surface area contributed by atoms with E-state index in [1.54, 1.807) is 12.1 Å². The summed E-state index contributed by atoms with van der Waals surface area (Å²) in [5, 5.41) is 0.787. The van der Waals surface area contributed by atoms with Gasteiger partial charge in [0.2, 0.25) is 5.91 Å². The first kappa shape index (κ1) is 23.4. The van der Waals surface area contributed by atoms with Gasteiger partial charge in [0.25, 0.3) is 15.6 Å². The van der Waals surface area contributed by atoms with E-state index in [0.29, 0.717) is 37.3 Å². The number of anilines is 1. The number of pyridine rings is 1. The number of H-pyrrole nitrogens is 1. The summed E-state index contributed by atoms with van der Waals surface area (Å²) in [5.41, 5.74) is 2.24. The van der Waals surface area contributed by atoms with Crippen LogP contribution in [0.5, 0.6) is 5.75 Å². The molecule has 2 heterocycles. The number of aryl methyl sites for hydroxylation is 1. The molecule has 0 atom stereocenters. The van der Waals surface area contributed by atoms with Gasteiger partial charge in [-0.15, -0.1) is 0 Å². The summed E-state index contributed by atoms with van der Waals surface area (Å²) in [6, 6.07) is 12.0. The molecule has 8 nitrogen and oxygen atoms in total. The van der Waals surface area contributed by atoms with Crippen molar-refractivity contribution in [2.45, 2.75) is 44.0 Å². The zero-order valence-corrected chi connectivity index (χ0v) is 20.7. The first-order valence-corrected chi connectivity index (χ1v) is 13.4. The van der Waals surface area contributed by atoms with E-state index in [1.165, 1.54) is 12.1 Å². The van der Waals surface area contributed by atoms with Crippen molar-refractivity contribution in [3.63, 3.8) is 0 Å². The Hall–Kier alpha value is -3.33. The van der Waals surface area contributed by atoms with Gasteiger partial charge in [0.1, 0.15) is 12.4 Å². The van der Waals surface area contributed by atoms with E-state index in [9.17, 15) is 18.0 Å². The standard InChI is InChI=1S/C26H29N3O5S/c1-17-6-5-9-19-14-20(25(30)27-24(17)19)16-29(26(31)18-7-3-4-8-18)35(32,33)21-10-11-22-23(15-21)34-13-12-28(22)2/h5-6,9-11,14-15,18H,3-4,7-8,12-13,16H2,1-2H3,(H,27,30). The normalized spacial score (nSPS) is 16.2. The van der Waals surface area contributed by atoms with Gasteiger partial charge >= 0.3 is 0 Å². The number of nitrogens with one attached hydrogen (secondary N) is 1. The van der Waals surface area contributed by atoms with Crippen LogP contribution in [0.25, 0.3) is 10.9 Å². The minimum absolute atomic E-state index is 0.0223. The fraction of sp³-hybridized carbons (Fsp3) is 0.385. The van der Waals surface area contributed by atoms with Crippen molar-refractivity contribution in [3.05, 3.63) is 63.9 Å². The second kappa shape index (κ2) is 9.03. The maximum absolute atomic E-state index is 13.9. The zero-order chi connectivity index (χ0) is 24.7. The molecule has 1 aliphatic heterocycles. The lowest BCUT2D eigenvalue weighted by Gasteiger charge is -2.29. The van der Waals surface area contributed by atoms with E-state index < -0.39 is 21.5 Å². The first-order valence-electron chi connectivity index (χ1n) is 11.9. The topological polar surface area (TPSA) is 99.8 Å². The van der Waals surface area contributed by atoms with E-state index in [2.05, 4.69) is 4.98 Å². The van der Waals surface area contributed by atoms with Gasteiger partial charge in [0, 0.05) is 24.6 Å². The molecule has 2 aliphatic rings. The molecule has 2 aromatic carbocycles. The Morgan fingerprint density at radius 1 is 1.17 bits per heavy atom. The third kappa shape index (κ3) is 4.29. The molecular weight excluding hydrogens is 466 g/mol. The van der Waals surface area contributed by atoms with Crippen LogP contribution in [-0.4, -0.2) is 43.8 Å². The molecule has 35 heavy (non-hydrogen) atoms. The molecule has 1 amide bonds. The van der Waals surface area contributed by atoms with Crippen molar-refractivity contribution in [3.8, 4) is 5.75 Å². The maximum Gasteiger partial charge on any atom is 0.266 e. The number of carbonyl (C=O) groups excluding carboxylic acids is 1. The molecule has 0 spiro atoms. The number of amides is 1. The summed E-state index contributed by atoms with van der Waals surface area (Å²) >= 11 is 0. The van der Waals surface area contributed by atoms with Crippen LogP contribution in [0.1, 0.15) is 36.8 Å². The highest BCUT2D eigenvalue weighted by atomic mass is 32.2. The number of hydrogen-bond acceptors (Lipinski definition) is 6. The van der Waals surface area contributed by atoms with E-state index in [0.717, 1.165) is 33.8 Å². The number of hydrogen-bond donors (Lipinski definition) is 1. The number of fused-ring (bicyclic) bond motifs is 2. The Morgan fingerprint density at radius 2 is 1.94 bits per heavy atom. The number of sulfonamides is 1. The Labute approximate surface area is 204 Å². The van der Waals surface area contributed by atoms with Gasteiger partial charge in [0.15, 0.2) is 0 Å². The van der Waals surface area contributed by atoms with Crippen LogP contribution in [0.15, 0.2) is 52.2 Å². The lowest BCUT2D eigenvalue weighted by Crippen LogP contribution is -2.41. The molecule has 0 saturated heterocycles. The molecule has 1 N–H and O–H groups in total. The van der Waals surface area contributed by atoms with Gasteiger partial charge in [-0.05, 0) is 48.9 Å². The number of aromatic amines is 1. The van der Waals surface area contributed by atoms with Crippen LogP contribution >= 0.6 is 0 Å². The number of carbonyl (C=O) groups is 1. The minimum atomic E-state index is -4.23. The first-order chi connectivity index (χ1) is 16.8. The van der Waals surface area contributed by atoms with E-state index in [4.69, 9.17) is 4.74 Å². The lowest BCUT2D eigenvalue weighted by atomic mass is 10.1. The van der Waals surface area contributed by atoms with Crippen LogP contribution < -0.4 is 15.2 Å². The molecule has 1 aromatic heterocycles. The minimum Gasteiger partial charge on any atom is -0.490 e. The lowest BCUT2D eigenvalue weighted by molar-refractivity contribution is -0.130. The summed E-state index contributed by atoms with van der Waals surface area (Å²) in [6.07, 6.45) is 3.07. The van der Waals surface area contributed by atoms with Crippen LogP contribution in [0, 0.1) is 12.8 Å². The predicted molar refractivity (Wildman–Crippen MR) is 134 cm³/mol. The number of ether oxygens (including phenoxy) is 1. The Morgan fingerprint density at radius 3 is 2.71 bits per heavy atom. The highest BCUT2D eigenvalue weighted by molar-refractivity contribution is 7.89. The second-order valence-corrected chi connectivity index (χ2v) is 11.3. The van der Waals surface area contributed by atoms with Gasteiger partial charge in [-0.3, -0.25) is 9.59 Å². The third-order valence-corrected chi connectivity index (χ3v) is 8.78. The summed E-state index contributed by atoms with van der Waals surface area (Å²) in [7, 11) is -2.32. The highest BCUT2D eigenvalue weighted by Gasteiger charge is 2.36. The number of aromatic nitrogens is 1. The van der Waals surface area contributed by atoms with Crippen molar-refractivity contribution in [1.29, 1.82) is 0 Å². The Kier molecular flexibility index (Phi) is 6.04. The fourth-order valence-corrected chi connectivity index (χ4v) is 6.43. The van der Waals surface area contributed by atoms with Crippen LogP contribution in [0.4, 0.5) is 5.69 Å². The van der Waals surface area contributed by atoms with Crippen molar-refractivity contribution in [2.24, 2.45) is 5.92 Å². The molecule has 184 valence electrons. The average molecular weight is 496 g/mol. The highest BCUT2D eigenvalue weighted by Crippen LogP contribution is 2.35. The van der Waals surface area contributed by atoms with E-state index in [1.807, 2.05) is 37.1 Å². The molecule has 0 unspecified atom stereocenters. The van der Waals surface area contributed by atoms with Crippen molar-refractivity contribution in [2.75, 3.05) is 25.1 Å². The van der Waals surface area contributed by atoms with Gasteiger partial charge < -0.3 is 14.6 Å². The number of benzene rings is 2. The molecule has 0 radical (unpaired) electrons. The SMILES string of the molecule is Cc1cccc2cc(CN(C(=O)C3CCCC3)S(=O)(=O)c3ccc4c(c3)OCCN4C)c(=O)[nH]c12. The zero-order valence-electron chi connectivity index (χ0n) is 19.9. The van der Waals surface area contributed by atoms with Gasteiger partial charge in [-0.25, -0.2) is 12.7 Å². The largest absolute Gasteiger partial charge is 0.490 e. The van der Waals surface area contributed by atoms with E-state index >= 15 is 0 Å². The van der Waals surface area contributed by atoms with Crippen LogP contribution in [0.3, 0.4) is 0 Å². The van der Waals surface area contributed by atoms with Gasteiger partial charge in [-0.2, -0.15) is 0 Å². The van der Waals surface area contributed by atoms with E-state index in [-0.39, 0.29) is 22.9 Å². The summed E-state index contributed by atoms with van der Waals surface area (Å²) in [6.45, 7) is 2.72. The maximum atomic E-state index is 13.9. The second-order valence-electron chi connectivity index (χ2n) is 9.39. The van der Waals surface area contributed by atoms with Gasteiger partial charge in [-0.1, -0.05) is 31.0 Å². The predicted octanol–water partition coefficient (Wildman–Crippen LogP) is 3.57. The van der Waals surface area contributed by atoms with Crippen molar-refractivity contribution in [1.82, 2.24) is 9.29 Å². The number of para-hydroxylation sites is 1. The molecular formula is C26H29N3O5S. The quantitative estimate of drug-likeness (QED) is 0.581. The van der Waals surface area contributed by atoms with Gasteiger partial charge in [0.05, 0.1) is 29.2 Å². The molecule has 1 fully saturated rings. The summed E-state index contributed by atoms with van der Waals surface area (Å²) < 4.78 is 34.3.